The average molecular weight is 302 g/mol. The molecular weight excluding hydrogens is 276 g/mol. The molecule has 2 amide bonds. The molecule has 0 spiro atoms. The maximum atomic E-state index is 12.7. The Hall–Kier alpha value is -1.84. The summed E-state index contributed by atoms with van der Waals surface area (Å²) in [4.78, 5) is 26.0. The zero-order valence-electron chi connectivity index (χ0n) is 14.0. The normalized spacial score (nSPS) is 16.8. The third kappa shape index (κ3) is 3.32. The minimum absolute atomic E-state index is 0.00426. The Balaban J connectivity index is 2.29. The van der Waals surface area contributed by atoms with Crippen LogP contribution in [0.3, 0.4) is 0 Å². The van der Waals surface area contributed by atoms with Crippen molar-refractivity contribution in [2.45, 2.75) is 59.4 Å². The van der Waals surface area contributed by atoms with Crippen molar-refractivity contribution in [3.8, 4) is 0 Å². The molecule has 1 aliphatic rings. The van der Waals surface area contributed by atoms with Crippen molar-refractivity contribution in [3.05, 3.63) is 28.8 Å². The molecule has 0 fully saturated rings. The number of unbranched alkanes of at least 4 members (excludes halogenated alkanes) is 3. The third-order valence-electron chi connectivity index (χ3n) is 4.15. The number of fused-ring (bicyclic) bond motifs is 1. The number of hydrogen-bond donors (Lipinski definition) is 1. The standard InChI is InChI=1S/C18H26N2O2/c1-5-6-7-8-9-20-17-13(3)10-12(2)11-15(17)16(18(20)22)19-14(4)21/h10-11,16H,5-9H2,1-4H3,(H,19,21)/t16-/m1/s1. The average Bonchev–Trinajstić information content (AvgIpc) is 2.68. The SMILES string of the molecule is CCCCCCN1C(=O)[C@H](NC(C)=O)c2cc(C)cc(C)c21. The summed E-state index contributed by atoms with van der Waals surface area (Å²) >= 11 is 0. The number of benzene rings is 1. The van der Waals surface area contributed by atoms with E-state index in [0.29, 0.717) is 0 Å². The largest absolute Gasteiger partial charge is 0.341 e. The first-order valence-corrected chi connectivity index (χ1v) is 8.15. The van der Waals surface area contributed by atoms with Crippen molar-refractivity contribution < 1.29 is 9.59 Å². The number of aryl methyl sites for hydroxylation is 2. The molecule has 22 heavy (non-hydrogen) atoms. The van der Waals surface area contributed by atoms with Crippen LogP contribution in [0.1, 0.15) is 62.3 Å². The van der Waals surface area contributed by atoms with E-state index in [1.54, 1.807) is 0 Å². The molecule has 4 heteroatoms. The molecule has 0 radical (unpaired) electrons. The van der Waals surface area contributed by atoms with Crippen LogP contribution in [0.25, 0.3) is 0 Å². The fourth-order valence-corrected chi connectivity index (χ4v) is 3.24. The van der Waals surface area contributed by atoms with Crippen LogP contribution in [0.15, 0.2) is 12.1 Å². The molecule has 1 atom stereocenters. The molecule has 2 rings (SSSR count). The van der Waals surface area contributed by atoms with E-state index in [2.05, 4.69) is 18.3 Å². The van der Waals surface area contributed by atoms with Gasteiger partial charge in [-0.05, 0) is 25.8 Å². The summed E-state index contributed by atoms with van der Waals surface area (Å²) in [7, 11) is 0. The molecule has 1 aromatic rings. The van der Waals surface area contributed by atoms with Crippen LogP contribution in [0, 0.1) is 13.8 Å². The van der Waals surface area contributed by atoms with E-state index in [1.807, 2.05) is 24.8 Å². The molecule has 4 nitrogen and oxygen atoms in total. The Morgan fingerprint density at radius 3 is 2.59 bits per heavy atom. The number of rotatable bonds is 6. The molecule has 1 heterocycles. The van der Waals surface area contributed by atoms with Gasteiger partial charge in [0.25, 0.3) is 5.91 Å². The number of nitrogens with zero attached hydrogens (tertiary/aromatic N) is 1. The van der Waals surface area contributed by atoms with Gasteiger partial charge in [-0.1, -0.05) is 43.9 Å². The molecule has 1 aromatic carbocycles. The minimum atomic E-state index is -0.530. The van der Waals surface area contributed by atoms with Gasteiger partial charge in [0.2, 0.25) is 5.91 Å². The highest BCUT2D eigenvalue weighted by atomic mass is 16.2. The Kier molecular flexibility index (Phi) is 5.22. The molecule has 120 valence electrons. The zero-order chi connectivity index (χ0) is 16.3. The second-order valence-corrected chi connectivity index (χ2v) is 6.20. The van der Waals surface area contributed by atoms with Crippen molar-refractivity contribution in [2.24, 2.45) is 0 Å². The Morgan fingerprint density at radius 1 is 1.23 bits per heavy atom. The lowest BCUT2D eigenvalue weighted by atomic mass is 10.0. The Bertz CT molecular complexity index is 581. The third-order valence-corrected chi connectivity index (χ3v) is 4.15. The van der Waals surface area contributed by atoms with Crippen molar-refractivity contribution in [2.75, 3.05) is 11.4 Å². The molecule has 0 bridgehead atoms. The Labute approximate surface area is 132 Å². The summed E-state index contributed by atoms with van der Waals surface area (Å²) in [5.41, 5.74) is 4.15. The van der Waals surface area contributed by atoms with Crippen LogP contribution in [0.2, 0.25) is 0 Å². The van der Waals surface area contributed by atoms with E-state index < -0.39 is 6.04 Å². The lowest BCUT2D eigenvalue weighted by Gasteiger charge is -2.19. The van der Waals surface area contributed by atoms with Crippen LogP contribution >= 0.6 is 0 Å². The van der Waals surface area contributed by atoms with Gasteiger partial charge >= 0.3 is 0 Å². The quantitative estimate of drug-likeness (QED) is 0.819. The van der Waals surface area contributed by atoms with E-state index in [9.17, 15) is 9.59 Å². The van der Waals surface area contributed by atoms with Gasteiger partial charge in [-0.2, -0.15) is 0 Å². The second kappa shape index (κ2) is 6.95. The maximum absolute atomic E-state index is 12.7. The van der Waals surface area contributed by atoms with Gasteiger partial charge in [-0.25, -0.2) is 0 Å². The monoisotopic (exact) mass is 302 g/mol. The van der Waals surface area contributed by atoms with Gasteiger partial charge in [0, 0.05) is 19.0 Å². The first kappa shape index (κ1) is 16.5. The predicted octanol–water partition coefficient (Wildman–Crippen LogP) is 3.41. The first-order valence-electron chi connectivity index (χ1n) is 8.15. The molecule has 0 unspecified atom stereocenters. The molecule has 0 saturated carbocycles. The van der Waals surface area contributed by atoms with Gasteiger partial charge in [0.15, 0.2) is 0 Å². The summed E-state index contributed by atoms with van der Waals surface area (Å²) in [6.07, 6.45) is 4.50. The lowest BCUT2D eigenvalue weighted by molar-refractivity contribution is -0.126. The van der Waals surface area contributed by atoms with E-state index in [-0.39, 0.29) is 11.8 Å². The van der Waals surface area contributed by atoms with E-state index >= 15 is 0 Å². The van der Waals surface area contributed by atoms with E-state index in [4.69, 9.17) is 0 Å². The summed E-state index contributed by atoms with van der Waals surface area (Å²) in [6.45, 7) is 8.42. The first-order chi connectivity index (χ1) is 10.5. The predicted molar refractivity (Wildman–Crippen MR) is 89.0 cm³/mol. The van der Waals surface area contributed by atoms with Crippen molar-refractivity contribution in [1.29, 1.82) is 0 Å². The van der Waals surface area contributed by atoms with Gasteiger partial charge in [0.1, 0.15) is 6.04 Å². The van der Waals surface area contributed by atoms with Gasteiger partial charge < -0.3 is 10.2 Å². The molecular formula is C18H26N2O2. The number of carbonyl (C=O) groups is 2. The number of nitrogens with one attached hydrogen (secondary N) is 1. The minimum Gasteiger partial charge on any atom is -0.341 e. The van der Waals surface area contributed by atoms with Crippen molar-refractivity contribution in [3.63, 3.8) is 0 Å². The Morgan fingerprint density at radius 2 is 1.95 bits per heavy atom. The fourth-order valence-electron chi connectivity index (χ4n) is 3.24. The number of carbonyl (C=O) groups excluding carboxylic acids is 2. The van der Waals surface area contributed by atoms with Gasteiger partial charge in [-0.3, -0.25) is 9.59 Å². The number of hydrogen-bond acceptors (Lipinski definition) is 2. The maximum Gasteiger partial charge on any atom is 0.254 e. The number of anilines is 1. The summed E-state index contributed by atoms with van der Waals surface area (Å²) in [5, 5.41) is 2.80. The highest BCUT2D eigenvalue weighted by molar-refractivity contribution is 6.06. The molecule has 0 saturated heterocycles. The highest BCUT2D eigenvalue weighted by Crippen LogP contribution is 2.39. The van der Waals surface area contributed by atoms with Crippen LogP contribution < -0.4 is 10.2 Å². The van der Waals surface area contributed by atoms with Crippen molar-refractivity contribution >= 4 is 17.5 Å². The van der Waals surface area contributed by atoms with Gasteiger partial charge in [-0.15, -0.1) is 0 Å². The van der Waals surface area contributed by atoms with E-state index in [1.165, 1.54) is 19.8 Å². The van der Waals surface area contributed by atoms with Crippen LogP contribution in [0.5, 0.6) is 0 Å². The smallest absolute Gasteiger partial charge is 0.254 e. The molecule has 0 aromatic heterocycles. The molecule has 0 aliphatic carbocycles. The van der Waals surface area contributed by atoms with Crippen LogP contribution in [-0.4, -0.2) is 18.4 Å². The second-order valence-electron chi connectivity index (χ2n) is 6.20. The van der Waals surface area contributed by atoms with Crippen LogP contribution in [0.4, 0.5) is 5.69 Å². The summed E-state index contributed by atoms with van der Waals surface area (Å²) in [6, 6.07) is 3.59. The lowest BCUT2D eigenvalue weighted by Crippen LogP contribution is -2.37. The topological polar surface area (TPSA) is 49.4 Å². The molecule has 1 N–H and O–H groups in total. The zero-order valence-corrected chi connectivity index (χ0v) is 14.0. The summed E-state index contributed by atoms with van der Waals surface area (Å²) in [5.74, 6) is -0.174. The van der Waals surface area contributed by atoms with Crippen molar-refractivity contribution in [1.82, 2.24) is 5.32 Å². The molecule has 1 aliphatic heterocycles. The van der Waals surface area contributed by atoms with Crippen LogP contribution in [-0.2, 0) is 9.59 Å². The highest BCUT2D eigenvalue weighted by Gasteiger charge is 2.38. The fraction of sp³-hybridized carbons (Fsp3) is 0.556. The summed E-state index contributed by atoms with van der Waals surface area (Å²) < 4.78 is 0. The van der Waals surface area contributed by atoms with E-state index in [0.717, 1.165) is 41.8 Å². The van der Waals surface area contributed by atoms with Gasteiger partial charge in [0.05, 0.1) is 5.69 Å². The number of amides is 2.